The van der Waals surface area contributed by atoms with Crippen molar-refractivity contribution in [1.29, 1.82) is 0 Å². The number of benzene rings is 1. The van der Waals surface area contributed by atoms with Gasteiger partial charge in [0.15, 0.2) is 0 Å². The number of hydrogen-bond donors (Lipinski definition) is 1. The molecular formula is C22H27NO4. The minimum Gasteiger partial charge on any atom is -0.463 e. The SMILES string of the molecule is Cc1cc2oc(=O)c(CC(=O)NC(C)C)c(C)c2c2occ(C(C)(C)C)c12. The molecule has 0 fully saturated rings. The molecule has 2 aromatic heterocycles. The molecule has 5 nitrogen and oxygen atoms in total. The van der Waals surface area contributed by atoms with Crippen molar-refractivity contribution in [2.45, 2.75) is 66.3 Å². The molecule has 0 saturated heterocycles. The van der Waals surface area contributed by atoms with Crippen LogP contribution in [0.25, 0.3) is 21.9 Å². The van der Waals surface area contributed by atoms with Gasteiger partial charge in [0.2, 0.25) is 5.91 Å². The zero-order valence-corrected chi connectivity index (χ0v) is 17.1. The van der Waals surface area contributed by atoms with Crippen LogP contribution >= 0.6 is 0 Å². The van der Waals surface area contributed by atoms with E-state index in [1.807, 2.05) is 33.8 Å². The Balaban J connectivity index is 2.29. The topological polar surface area (TPSA) is 72.5 Å². The lowest BCUT2D eigenvalue weighted by atomic mass is 9.85. The Morgan fingerprint density at radius 3 is 2.44 bits per heavy atom. The Kier molecular flexibility index (Phi) is 4.66. The Morgan fingerprint density at radius 2 is 1.85 bits per heavy atom. The van der Waals surface area contributed by atoms with Gasteiger partial charge in [0.05, 0.1) is 23.6 Å². The first-order chi connectivity index (χ1) is 12.5. The molecule has 5 heteroatoms. The average Bonchev–Trinajstić information content (AvgIpc) is 2.96. The second kappa shape index (κ2) is 6.55. The molecule has 0 atom stereocenters. The standard InChI is InChI=1S/C22H27NO4/c1-11(2)23-17(24)9-14-13(4)19-16(27-21(14)25)8-12(3)18-15(22(5,6)7)10-26-20(18)19/h8,10-11H,9H2,1-7H3,(H,23,24). The van der Waals surface area contributed by atoms with E-state index in [0.717, 1.165) is 27.5 Å². The zero-order chi connectivity index (χ0) is 20.1. The first kappa shape index (κ1) is 19.2. The lowest BCUT2D eigenvalue weighted by molar-refractivity contribution is -0.120. The van der Waals surface area contributed by atoms with E-state index in [2.05, 4.69) is 26.1 Å². The van der Waals surface area contributed by atoms with Crippen molar-refractivity contribution in [2.24, 2.45) is 0 Å². The number of amides is 1. The largest absolute Gasteiger partial charge is 0.463 e. The van der Waals surface area contributed by atoms with E-state index in [4.69, 9.17) is 8.83 Å². The van der Waals surface area contributed by atoms with Crippen LogP contribution in [0.2, 0.25) is 0 Å². The van der Waals surface area contributed by atoms with Gasteiger partial charge in [0.1, 0.15) is 11.2 Å². The van der Waals surface area contributed by atoms with Crippen molar-refractivity contribution in [1.82, 2.24) is 5.32 Å². The fourth-order valence-corrected chi connectivity index (χ4v) is 3.58. The molecule has 0 aliphatic rings. The summed E-state index contributed by atoms with van der Waals surface area (Å²) in [6.07, 6.45) is 1.78. The molecule has 27 heavy (non-hydrogen) atoms. The van der Waals surface area contributed by atoms with Crippen LogP contribution in [-0.2, 0) is 16.6 Å². The van der Waals surface area contributed by atoms with Crippen LogP contribution in [0, 0.1) is 13.8 Å². The van der Waals surface area contributed by atoms with Crippen molar-refractivity contribution < 1.29 is 13.6 Å². The third kappa shape index (κ3) is 3.38. The van der Waals surface area contributed by atoms with Crippen LogP contribution in [-0.4, -0.2) is 11.9 Å². The molecule has 0 spiro atoms. The van der Waals surface area contributed by atoms with E-state index in [1.165, 1.54) is 0 Å². The molecule has 144 valence electrons. The molecule has 0 saturated carbocycles. The summed E-state index contributed by atoms with van der Waals surface area (Å²) in [7, 11) is 0. The normalized spacial score (nSPS) is 12.3. The summed E-state index contributed by atoms with van der Waals surface area (Å²) in [5, 5.41) is 4.63. The number of furan rings is 1. The minimum absolute atomic E-state index is 0.00943. The van der Waals surface area contributed by atoms with Crippen molar-refractivity contribution in [3.63, 3.8) is 0 Å². The third-order valence-electron chi connectivity index (χ3n) is 4.88. The maximum Gasteiger partial charge on any atom is 0.340 e. The molecule has 3 aromatic rings. The fourth-order valence-electron chi connectivity index (χ4n) is 3.58. The Bertz CT molecular complexity index is 1090. The molecule has 1 N–H and O–H groups in total. The number of carbonyl (C=O) groups excluding carboxylic acids is 1. The van der Waals surface area contributed by atoms with Crippen LogP contribution in [0.5, 0.6) is 0 Å². The molecule has 0 unspecified atom stereocenters. The van der Waals surface area contributed by atoms with Gasteiger partial charge in [-0.1, -0.05) is 20.8 Å². The summed E-state index contributed by atoms with van der Waals surface area (Å²) in [6.45, 7) is 14.0. The summed E-state index contributed by atoms with van der Waals surface area (Å²) in [5.41, 5.74) is 3.88. The summed E-state index contributed by atoms with van der Waals surface area (Å²) >= 11 is 0. The van der Waals surface area contributed by atoms with E-state index in [0.29, 0.717) is 16.7 Å². The van der Waals surface area contributed by atoms with Gasteiger partial charge in [-0.05, 0) is 50.3 Å². The molecule has 0 bridgehead atoms. The molecule has 1 aromatic carbocycles. The first-order valence-electron chi connectivity index (χ1n) is 9.27. The van der Waals surface area contributed by atoms with E-state index in [1.54, 1.807) is 6.26 Å². The molecule has 0 aliphatic heterocycles. The average molecular weight is 369 g/mol. The van der Waals surface area contributed by atoms with Crippen molar-refractivity contribution >= 4 is 27.8 Å². The summed E-state index contributed by atoms with van der Waals surface area (Å²) < 4.78 is 11.5. The highest BCUT2D eigenvalue weighted by atomic mass is 16.4. The fraction of sp³-hybridized carbons (Fsp3) is 0.455. The highest BCUT2D eigenvalue weighted by Gasteiger charge is 2.25. The Morgan fingerprint density at radius 1 is 1.19 bits per heavy atom. The van der Waals surface area contributed by atoms with Crippen LogP contribution < -0.4 is 10.9 Å². The molecule has 2 heterocycles. The highest BCUT2D eigenvalue weighted by molar-refractivity contribution is 6.07. The summed E-state index contributed by atoms with van der Waals surface area (Å²) in [4.78, 5) is 24.7. The monoisotopic (exact) mass is 369 g/mol. The predicted molar refractivity (Wildman–Crippen MR) is 107 cm³/mol. The Hall–Kier alpha value is -2.56. The van der Waals surface area contributed by atoms with Gasteiger partial charge < -0.3 is 14.2 Å². The van der Waals surface area contributed by atoms with Crippen molar-refractivity contribution in [3.05, 3.63) is 45.0 Å². The number of hydrogen-bond acceptors (Lipinski definition) is 4. The van der Waals surface area contributed by atoms with Gasteiger partial charge in [-0.25, -0.2) is 4.79 Å². The first-order valence-corrected chi connectivity index (χ1v) is 9.27. The highest BCUT2D eigenvalue weighted by Crippen LogP contribution is 2.38. The second-order valence-electron chi connectivity index (χ2n) is 8.56. The predicted octanol–water partition coefficient (Wildman–Crippen LogP) is 4.52. The lowest BCUT2D eigenvalue weighted by Gasteiger charge is -2.17. The second-order valence-corrected chi connectivity index (χ2v) is 8.56. The summed E-state index contributed by atoms with van der Waals surface area (Å²) in [5.74, 6) is -0.196. The number of fused-ring (bicyclic) bond motifs is 3. The zero-order valence-electron chi connectivity index (χ0n) is 17.1. The van der Waals surface area contributed by atoms with E-state index in [-0.39, 0.29) is 23.8 Å². The number of carbonyl (C=O) groups is 1. The van der Waals surface area contributed by atoms with Crippen LogP contribution in [0.4, 0.5) is 0 Å². The quantitative estimate of drug-likeness (QED) is 0.689. The van der Waals surface area contributed by atoms with Gasteiger partial charge in [-0.2, -0.15) is 0 Å². The maximum absolute atomic E-state index is 12.5. The molecule has 0 aliphatic carbocycles. The van der Waals surface area contributed by atoms with Crippen molar-refractivity contribution in [2.75, 3.05) is 0 Å². The Labute approximate surface area is 158 Å². The van der Waals surface area contributed by atoms with Crippen LogP contribution in [0.1, 0.15) is 56.9 Å². The molecule has 3 rings (SSSR count). The van der Waals surface area contributed by atoms with Gasteiger partial charge in [0, 0.05) is 17.0 Å². The number of aryl methyl sites for hydroxylation is 2. The molecule has 1 amide bonds. The van der Waals surface area contributed by atoms with Gasteiger partial charge in [-0.15, -0.1) is 0 Å². The third-order valence-corrected chi connectivity index (χ3v) is 4.88. The van der Waals surface area contributed by atoms with E-state index < -0.39 is 5.63 Å². The van der Waals surface area contributed by atoms with Gasteiger partial charge in [0.25, 0.3) is 0 Å². The lowest BCUT2D eigenvalue weighted by Crippen LogP contribution is -2.33. The molecular weight excluding hydrogens is 342 g/mol. The minimum atomic E-state index is -0.472. The molecule has 0 radical (unpaired) electrons. The maximum atomic E-state index is 12.5. The van der Waals surface area contributed by atoms with E-state index in [9.17, 15) is 9.59 Å². The summed E-state index contributed by atoms with van der Waals surface area (Å²) in [6, 6.07) is 1.90. The van der Waals surface area contributed by atoms with Gasteiger partial charge >= 0.3 is 5.63 Å². The van der Waals surface area contributed by atoms with Gasteiger partial charge in [-0.3, -0.25) is 4.79 Å². The number of rotatable bonds is 3. The van der Waals surface area contributed by atoms with Crippen LogP contribution in [0.3, 0.4) is 0 Å². The smallest absolute Gasteiger partial charge is 0.340 e. The number of nitrogens with one attached hydrogen (secondary N) is 1. The van der Waals surface area contributed by atoms with E-state index >= 15 is 0 Å². The van der Waals surface area contributed by atoms with Crippen molar-refractivity contribution in [3.8, 4) is 0 Å². The van der Waals surface area contributed by atoms with Crippen LogP contribution in [0.15, 0.2) is 26.0 Å².